The molecule has 1 radical (unpaired) electrons. The zero-order valence-corrected chi connectivity index (χ0v) is 4.54. The fraction of sp³-hybridized carbons (Fsp3) is 0. The predicted molar refractivity (Wildman–Crippen MR) is 19.9 cm³/mol. The van der Waals surface area contributed by atoms with Gasteiger partial charge in [-0.1, -0.05) is 0 Å². The second-order valence-electron chi connectivity index (χ2n) is 0.471. The van der Waals surface area contributed by atoms with Crippen molar-refractivity contribution < 1.29 is 19.5 Å². The molecule has 0 aromatic carbocycles. The summed E-state index contributed by atoms with van der Waals surface area (Å²) in [6.45, 7) is 6.72. The maximum absolute atomic E-state index is 3.36. The van der Waals surface area contributed by atoms with Crippen LogP contribution in [0.2, 0.25) is 0 Å². The van der Waals surface area contributed by atoms with Gasteiger partial charge in [0.25, 0.3) is 0 Å². The van der Waals surface area contributed by atoms with Crippen molar-refractivity contribution in [3.8, 4) is 0 Å². The molecule has 0 rings (SSSR count). The van der Waals surface area contributed by atoms with E-state index in [1.165, 1.54) is 0 Å². The Hall–Kier alpha value is 0.103. The Morgan fingerprint density at radius 3 is 1.20 bits per heavy atom. The van der Waals surface area contributed by atoms with Gasteiger partial charge in [0.1, 0.15) is 0 Å². The maximum Gasteiger partial charge on any atom is 2.00 e. The van der Waals surface area contributed by atoms with Crippen molar-refractivity contribution in [3.63, 3.8) is 0 Å². The molecule has 0 nitrogen and oxygen atoms in total. The maximum atomic E-state index is 3.36. The molecule has 0 aliphatic rings. The molecule has 0 aliphatic carbocycles. The van der Waals surface area contributed by atoms with Crippen molar-refractivity contribution in [1.82, 2.24) is 0 Å². The molecule has 0 bridgehead atoms. The van der Waals surface area contributed by atoms with Crippen molar-refractivity contribution in [2.45, 2.75) is 0 Å². The molecule has 0 N–H and O–H groups in total. The normalized spacial score (nSPS) is 7.20. The number of rotatable bonds is 0. The number of allylic oxidation sites excluding steroid dienone is 2. The molecule has 0 fully saturated rings. The first-order valence-electron chi connectivity index (χ1n) is 1.15. The summed E-state index contributed by atoms with van der Waals surface area (Å²) in [5.41, 5.74) is 0. The number of hydrogen-bond acceptors (Lipinski definition) is 0. The average molecular weight is 157 g/mol. The largest absolute Gasteiger partial charge is 2.00 e. The van der Waals surface area contributed by atoms with Gasteiger partial charge in [0.15, 0.2) is 0 Å². The van der Waals surface area contributed by atoms with Crippen LogP contribution in [-0.4, -0.2) is 0 Å². The van der Waals surface area contributed by atoms with Crippen LogP contribution >= 0.6 is 0 Å². The van der Waals surface area contributed by atoms with Crippen LogP contribution in [0.4, 0.5) is 0 Å². The van der Waals surface area contributed by atoms with Crippen LogP contribution in [0.15, 0.2) is 12.2 Å². The zero-order valence-electron chi connectivity index (χ0n) is 2.90. The van der Waals surface area contributed by atoms with Gasteiger partial charge in [-0.05, 0) is 0 Å². The fourth-order valence-electron chi connectivity index (χ4n) is 0. The Bertz CT molecular complexity index is 18.8. The first kappa shape index (κ1) is 8.92. The third-order valence-corrected chi connectivity index (χ3v) is 0.167. The number of hydrogen-bond donors (Lipinski definition) is 0. The molecule has 5 heavy (non-hydrogen) atoms. The van der Waals surface area contributed by atoms with Crippen molar-refractivity contribution in [2.75, 3.05) is 0 Å². The van der Waals surface area contributed by atoms with E-state index in [1.54, 1.807) is 12.2 Å². The van der Waals surface area contributed by atoms with Gasteiger partial charge in [0, 0.05) is 0 Å². The molecule has 0 aromatic rings. The summed E-state index contributed by atoms with van der Waals surface area (Å²) in [5, 5.41) is 0. The van der Waals surface area contributed by atoms with E-state index in [4.69, 9.17) is 0 Å². The third-order valence-electron chi connectivity index (χ3n) is 0.167. The Kier molecular flexibility index (Phi) is 15.9. The minimum Gasteiger partial charge on any atom is -0.382 e. The molecule has 0 atom stereocenters. The van der Waals surface area contributed by atoms with Gasteiger partial charge in [-0.3, -0.25) is 0 Å². The summed E-state index contributed by atoms with van der Waals surface area (Å²) in [6.07, 6.45) is 3.28. The topological polar surface area (TPSA) is 0 Å². The molecule has 0 amide bonds. The predicted octanol–water partition coefficient (Wildman–Crippen LogP) is 1.21. The van der Waals surface area contributed by atoms with Crippen molar-refractivity contribution in [1.29, 1.82) is 0 Å². The van der Waals surface area contributed by atoms with Gasteiger partial charge in [-0.2, -0.15) is 0 Å². The monoisotopic (exact) mass is 157 g/mol. The molecule has 0 unspecified atom stereocenters. The van der Waals surface area contributed by atoms with Crippen molar-refractivity contribution in [2.24, 2.45) is 0 Å². The Morgan fingerprint density at radius 1 is 1.00 bits per heavy atom. The van der Waals surface area contributed by atoms with E-state index >= 15 is 0 Å². The molecule has 0 saturated carbocycles. The molecule has 1 heteroatoms. The summed E-state index contributed by atoms with van der Waals surface area (Å²) in [7, 11) is 0. The molecule has 0 aromatic heterocycles. The van der Waals surface area contributed by atoms with E-state index in [-0.39, 0.29) is 19.5 Å². The van der Waals surface area contributed by atoms with E-state index in [0.29, 0.717) is 0 Å². The van der Waals surface area contributed by atoms with Crippen LogP contribution in [0.1, 0.15) is 0 Å². The summed E-state index contributed by atoms with van der Waals surface area (Å²) in [4.78, 5) is 0. The van der Waals surface area contributed by atoms with Gasteiger partial charge >= 0.3 is 19.5 Å². The molecular weight excluding hydrogens is 151 g/mol. The summed E-state index contributed by atoms with van der Waals surface area (Å²) < 4.78 is 0. The van der Waals surface area contributed by atoms with E-state index in [9.17, 15) is 0 Å². The molecule has 0 spiro atoms. The Balaban J connectivity index is 0. The van der Waals surface area contributed by atoms with Gasteiger partial charge in [0.05, 0.1) is 0 Å². The van der Waals surface area contributed by atoms with Gasteiger partial charge in [-0.25, -0.2) is 0 Å². The summed E-state index contributed by atoms with van der Waals surface area (Å²) in [5.74, 6) is 0. The average Bonchev–Trinajstić information content (AvgIpc) is 1.37. The molecule has 0 heterocycles. The zero-order chi connectivity index (χ0) is 3.41. The second-order valence-corrected chi connectivity index (χ2v) is 0.471. The van der Waals surface area contributed by atoms with Gasteiger partial charge in [0.2, 0.25) is 0 Å². The van der Waals surface area contributed by atoms with Crippen LogP contribution in [0.3, 0.4) is 0 Å². The third kappa shape index (κ3) is 14.9. The first-order chi connectivity index (χ1) is 1.91. The van der Waals surface area contributed by atoms with E-state index in [0.717, 1.165) is 0 Å². The molecule has 0 aliphatic heterocycles. The first-order valence-corrected chi connectivity index (χ1v) is 1.15. The van der Waals surface area contributed by atoms with E-state index in [2.05, 4.69) is 13.8 Å². The van der Waals surface area contributed by atoms with E-state index in [1.807, 2.05) is 0 Å². The Morgan fingerprint density at radius 2 is 1.20 bits per heavy atom. The van der Waals surface area contributed by atoms with Gasteiger partial charge in [-0.15, -0.1) is 0 Å². The Labute approximate surface area is 46.0 Å². The van der Waals surface area contributed by atoms with Crippen molar-refractivity contribution in [3.05, 3.63) is 26.0 Å². The fourth-order valence-corrected chi connectivity index (χ4v) is 0. The standard InChI is InChI=1S/C4H6.Rh/c1-3-4-2;/h3-4H,1-2H2;/q-2;+2/b4-3-;. The summed E-state index contributed by atoms with van der Waals surface area (Å²) >= 11 is 0. The smallest absolute Gasteiger partial charge is 0.382 e. The summed E-state index contributed by atoms with van der Waals surface area (Å²) in [6, 6.07) is 0. The molecule has 31 valence electrons. The van der Waals surface area contributed by atoms with Gasteiger partial charge < -0.3 is 26.0 Å². The van der Waals surface area contributed by atoms with Crippen LogP contribution in [-0.2, 0) is 19.5 Å². The minimum absolute atomic E-state index is 0. The molecular formula is C4H6Rh. The van der Waals surface area contributed by atoms with Crippen LogP contribution in [0.5, 0.6) is 0 Å². The minimum atomic E-state index is 0. The van der Waals surface area contributed by atoms with Crippen LogP contribution in [0.25, 0.3) is 0 Å². The molecule has 0 saturated heterocycles. The van der Waals surface area contributed by atoms with E-state index < -0.39 is 0 Å². The van der Waals surface area contributed by atoms with Crippen molar-refractivity contribution >= 4 is 0 Å². The van der Waals surface area contributed by atoms with Crippen LogP contribution in [0, 0.1) is 13.8 Å². The second kappa shape index (κ2) is 8.93. The quantitative estimate of drug-likeness (QED) is 0.366. The van der Waals surface area contributed by atoms with Crippen LogP contribution < -0.4 is 0 Å². The SMILES string of the molecule is [CH2-]/C=C\[CH2-].[Rh+2].